The third kappa shape index (κ3) is 4.01. The summed E-state index contributed by atoms with van der Waals surface area (Å²) < 4.78 is 3.00. The zero-order valence-corrected chi connectivity index (χ0v) is 17.0. The van der Waals surface area contributed by atoms with E-state index < -0.39 is 5.41 Å². The number of nitrogens with zero attached hydrogens (tertiary/aromatic N) is 2. The summed E-state index contributed by atoms with van der Waals surface area (Å²) in [5.41, 5.74) is 3.03. The van der Waals surface area contributed by atoms with Crippen molar-refractivity contribution < 1.29 is 4.79 Å². The molecule has 3 aromatic rings. The Morgan fingerprint density at radius 1 is 1.19 bits per heavy atom. The lowest BCUT2D eigenvalue weighted by molar-refractivity contribution is -0.119. The minimum Gasteiger partial charge on any atom is -0.313 e. The number of benzene rings is 1. The number of hydrogen-bond acceptors (Lipinski definition) is 4. The lowest BCUT2D eigenvalue weighted by Gasteiger charge is -2.12. The van der Waals surface area contributed by atoms with Crippen LogP contribution in [0.15, 0.2) is 35.1 Å². The van der Waals surface area contributed by atoms with Crippen molar-refractivity contribution in [2.75, 3.05) is 0 Å². The Kier molecular flexibility index (Phi) is 5.02. The Balaban J connectivity index is 2.09. The lowest BCUT2D eigenvalue weighted by Crippen LogP contribution is -2.22. The minimum atomic E-state index is -0.477. The van der Waals surface area contributed by atoms with Gasteiger partial charge >= 0.3 is 0 Å². The first-order valence-corrected chi connectivity index (χ1v) is 9.57. The molecule has 3 rings (SSSR count). The Morgan fingerprint density at radius 3 is 2.48 bits per heavy atom. The topological polar surface area (TPSA) is 67.8 Å². The van der Waals surface area contributed by atoms with Crippen LogP contribution in [-0.2, 0) is 4.79 Å². The summed E-state index contributed by atoms with van der Waals surface area (Å²) in [5.74, 6) is -0.0178. The van der Waals surface area contributed by atoms with Crippen LogP contribution in [0.3, 0.4) is 0 Å². The fourth-order valence-electron chi connectivity index (χ4n) is 2.68. The first kappa shape index (κ1) is 19.0. The van der Waals surface area contributed by atoms with Crippen LogP contribution >= 0.6 is 11.3 Å². The second kappa shape index (κ2) is 7.12. The van der Waals surface area contributed by atoms with Crippen molar-refractivity contribution in [3.05, 3.63) is 66.8 Å². The smallest absolute Gasteiger partial charge is 0.266 e. The molecule has 0 radical (unpaired) electrons. The number of aromatic nitrogens is 3. The normalized spacial score (nSPS) is 13.4. The molecule has 5 nitrogen and oxygen atoms in total. The zero-order chi connectivity index (χ0) is 19.8. The Labute approximate surface area is 161 Å². The standard InChI is InChI=1S/C21H23N3O2S/c1-13-16(14(2)24(23-13)15-9-7-6-8-10-15)11-17-20(26)22-19(27-17)12-18(25)21(3,4)5/h6-12H,1-5H3,(H,22,26)/b17-11-,19-12-. The van der Waals surface area contributed by atoms with E-state index in [1.807, 2.05) is 75.7 Å². The number of carbonyl (C=O) groups excluding carboxylic acids is 1. The molecule has 0 fully saturated rings. The molecule has 0 saturated carbocycles. The number of rotatable bonds is 3. The van der Waals surface area contributed by atoms with Gasteiger partial charge in [-0.05, 0) is 32.1 Å². The Morgan fingerprint density at radius 2 is 1.85 bits per heavy atom. The number of H-pyrrole nitrogens is 1. The molecule has 1 N–H and O–H groups in total. The summed E-state index contributed by atoms with van der Waals surface area (Å²) in [5, 5.41) is 4.61. The monoisotopic (exact) mass is 381 g/mol. The number of para-hydroxylation sites is 1. The first-order valence-electron chi connectivity index (χ1n) is 8.75. The predicted molar refractivity (Wildman–Crippen MR) is 110 cm³/mol. The molecule has 0 saturated heterocycles. The van der Waals surface area contributed by atoms with Gasteiger partial charge < -0.3 is 4.98 Å². The van der Waals surface area contributed by atoms with Crippen LogP contribution in [0.5, 0.6) is 0 Å². The van der Waals surface area contributed by atoms with E-state index in [-0.39, 0.29) is 11.3 Å². The van der Waals surface area contributed by atoms with Crippen LogP contribution in [0, 0.1) is 19.3 Å². The van der Waals surface area contributed by atoms with Crippen molar-refractivity contribution in [3.8, 4) is 5.69 Å². The Bertz CT molecular complexity index is 1160. The molecule has 1 aromatic carbocycles. The lowest BCUT2D eigenvalue weighted by atomic mass is 9.91. The predicted octanol–water partition coefficient (Wildman–Crippen LogP) is 2.46. The number of thiazole rings is 1. The molecule has 140 valence electrons. The molecule has 0 atom stereocenters. The summed E-state index contributed by atoms with van der Waals surface area (Å²) >= 11 is 1.28. The van der Waals surface area contributed by atoms with Crippen molar-refractivity contribution in [3.63, 3.8) is 0 Å². The highest BCUT2D eigenvalue weighted by Gasteiger charge is 2.18. The van der Waals surface area contributed by atoms with E-state index in [4.69, 9.17) is 0 Å². The largest absolute Gasteiger partial charge is 0.313 e. The number of Topliss-reactive ketones (excluding diaryl/α,β-unsaturated/α-hetero) is 1. The third-order valence-corrected chi connectivity index (χ3v) is 5.27. The van der Waals surface area contributed by atoms with Gasteiger partial charge in [-0.25, -0.2) is 4.68 Å². The first-order chi connectivity index (χ1) is 12.7. The van der Waals surface area contributed by atoms with Crippen molar-refractivity contribution in [1.29, 1.82) is 0 Å². The van der Waals surface area contributed by atoms with Crippen molar-refractivity contribution in [1.82, 2.24) is 14.8 Å². The van der Waals surface area contributed by atoms with Gasteiger partial charge in [0.15, 0.2) is 5.78 Å². The molecule has 0 bridgehead atoms. The van der Waals surface area contributed by atoms with E-state index in [0.717, 1.165) is 22.6 Å². The molecular formula is C21H23N3O2S. The molecule has 2 heterocycles. The number of ketones is 1. The molecule has 6 heteroatoms. The molecule has 27 heavy (non-hydrogen) atoms. The van der Waals surface area contributed by atoms with Gasteiger partial charge in [0, 0.05) is 22.7 Å². The van der Waals surface area contributed by atoms with E-state index in [9.17, 15) is 9.59 Å². The summed E-state index contributed by atoms with van der Waals surface area (Å²) in [6.07, 6.45) is 3.36. The highest BCUT2D eigenvalue weighted by Crippen LogP contribution is 2.18. The number of hydrogen-bond donors (Lipinski definition) is 1. The molecule has 0 unspecified atom stereocenters. The van der Waals surface area contributed by atoms with Gasteiger partial charge in [-0.1, -0.05) is 39.0 Å². The molecule has 0 amide bonds. The van der Waals surface area contributed by atoms with Gasteiger partial charge in [-0.15, -0.1) is 11.3 Å². The fourth-order valence-corrected chi connectivity index (χ4v) is 3.54. The van der Waals surface area contributed by atoms with Gasteiger partial charge in [0.05, 0.1) is 20.6 Å². The number of aromatic amines is 1. The molecule has 0 spiro atoms. The number of nitrogens with one attached hydrogen (secondary N) is 1. The average molecular weight is 382 g/mol. The third-order valence-electron chi connectivity index (χ3n) is 4.31. The van der Waals surface area contributed by atoms with E-state index >= 15 is 0 Å². The maximum absolute atomic E-state index is 12.3. The van der Waals surface area contributed by atoms with E-state index in [1.165, 1.54) is 17.4 Å². The van der Waals surface area contributed by atoms with E-state index in [1.54, 1.807) is 0 Å². The molecule has 2 aromatic heterocycles. The Hall–Kier alpha value is -2.73. The molecule has 0 aliphatic heterocycles. The molecule has 0 aliphatic carbocycles. The van der Waals surface area contributed by atoms with Gasteiger partial charge in [-0.3, -0.25) is 9.59 Å². The van der Waals surface area contributed by atoms with Crippen LogP contribution in [0.25, 0.3) is 17.8 Å². The van der Waals surface area contributed by atoms with Gasteiger partial charge in [0.2, 0.25) is 0 Å². The van der Waals surface area contributed by atoms with Crippen LogP contribution in [0.2, 0.25) is 0 Å². The summed E-state index contributed by atoms with van der Waals surface area (Å²) in [6, 6.07) is 9.88. The SMILES string of the molecule is Cc1nn(-c2ccccc2)c(C)c1/C=c1\s/c(=C\C(=O)C(C)(C)C)[nH]c1=O. The van der Waals surface area contributed by atoms with E-state index in [0.29, 0.717) is 9.20 Å². The molecule has 0 aliphatic rings. The fraction of sp³-hybridized carbons (Fsp3) is 0.286. The van der Waals surface area contributed by atoms with Crippen LogP contribution < -0.4 is 14.8 Å². The summed E-state index contributed by atoms with van der Waals surface area (Å²) in [4.78, 5) is 27.3. The van der Waals surface area contributed by atoms with Gasteiger partial charge in [0.1, 0.15) is 0 Å². The number of aryl methyl sites for hydroxylation is 1. The quantitative estimate of drug-likeness (QED) is 0.758. The maximum atomic E-state index is 12.3. The van der Waals surface area contributed by atoms with Crippen molar-refractivity contribution in [2.45, 2.75) is 34.6 Å². The summed E-state index contributed by atoms with van der Waals surface area (Å²) in [6.45, 7) is 9.48. The maximum Gasteiger partial charge on any atom is 0.266 e. The van der Waals surface area contributed by atoms with Crippen molar-refractivity contribution >= 4 is 29.3 Å². The van der Waals surface area contributed by atoms with Crippen LogP contribution in [0.4, 0.5) is 0 Å². The van der Waals surface area contributed by atoms with E-state index in [2.05, 4.69) is 10.1 Å². The average Bonchev–Trinajstić information content (AvgIpc) is 3.09. The van der Waals surface area contributed by atoms with Gasteiger partial charge in [-0.2, -0.15) is 5.10 Å². The van der Waals surface area contributed by atoms with Crippen molar-refractivity contribution in [2.24, 2.45) is 5.41 Å². The molecular weight excluding hydrogens is 358 g/mol. The second-order valence-corrected chi connectivity index (χ2v) is 8.60. The van der Waals surface area contributed by atoms with Crippen LogP contribution in [0.1, 0.15) is 37.7 Å². The highest BCUT2D eigenvalue weighted by molar-refractivity contribution is 7.07. The highest BCUT2D eigenvalue weighted by atomic mass is 32.1. The second-order valence-electron chi connectivity index (χ2n) is 7.52. The van der Waals surface area contributed by atoms with Crippen LogP contribution in [-0.4, -0.2) is 20.5 Å². The number of carbonyl (C=O) groups is 1. The minimum absolute atomic E-state index is 0.0178. The zero-order valence-electron chi connectivity index (χ0n) is 16.2. The van der Waals surface area contributed by atoms with Gasteiger partial charge in [0.25, 0.3) is 5.56 Å². The summed E-state index contributed by atoms with van der Waals surface area (Å²) in [7, 11) is 0.